The summed E-state index contributed by atoms with van der Waals surface area (Å²) in [6, 6.07) is 11.9. The van der Waals surface area contributed by atoms with Gasteiger partial charge in [0.1, 0.15) is 0 Å². The van der Waals surface area contributed by atoms with Gasteiger partial charge < -0.3 is 24.4 Å². The number of nitrogens with zero attached hydrogens (tertiary/aromatic N) is 1. The summed E-state index contributed by atoms with van der Waals surface area (Å²) in [5.74, 6) is 1.52. The average molecular weight is 399 g/mol. The van der Waals surface area contributed by atoms with Gasteiger partial charge in [-0.2, -0.15) is 0 Å². The van der Waals surface area contributed by atoms with E-state index in [-0.39, 0.29) is 12.1 Å². The number of amides is 2. The van der Waals surface area contributed by atoms with Crippen molar-refractivity contribution in [3.63, 3.8) is 0 Å². The third-order valence-corrected chi connectivity index (χ3v) is 5.39. The van der Waals surface area contributed by atoms with Crippen molar-refractivity contribution in [2.45, 2.75) is 38.6 Å². The average Bonchev–Trinajstić information content (AvgIpc) is 2.99. The molecule has 29 heavy (non-hydrogen) atoms. The number of aryl methyl sites for hydroxylation is 1. The summed E-state index contributed by atoms with van der Waals surface area (Å²) in [6.45, 7) is 2.81. The van der Waals surface area contributed by atoms with Crippen molar-refractivity contribution in [2.24, 2.45) is 0 Å². The largest absolute Gasteiger partial charge is 0.493 e. The molecule has 2 amide bonds. The fraction of sp³-hybridized carbons (Fsp3) is 0.435. The summed E-state index contributed by atoms with van der Waals surface area (Å²) >= 11 is 0. The monoisotopic (exact) mass is 398 g/mol. The van der Waals surface area contributed by atoms with E-state index in [1.54, 1.807) is 33.5 Å². The lowest BCUT2D eigenvalue weighted by atomic mass is 10.00. The number of nitrogens with one attached hydrogen (secondary N) is 1. The lowest BCUT2D eigenvalue weighted by Crippen LogP contribution is -2.38. The number of hydrogen-bond donors (Lipinski definition) is 1. The van der Waals surface area contributed by atoms with Gasteiger partial charge in [0.2, 0.25) is 5.75 Å². The molecule has 0 radical (unpaired) electrons. The van der Waals surface area contributed by atoms with Crippen LogP contribution in [0.15, 0.2) is 36.4 Å². The smallest absolute Gasteiger partial charge is 0.322 e. The lowest BCUT2D eigenvalue weighted by Gasteiger charge is -2.31. The first-order valence-corrected chi connectivity index (χ1v) is 10.0. The Morgan fingerprint density at radius 3 is 2.21 bits per heavy atom. The molecule has 0 spiro atoms. The third-order valence-electron chi connectivity index (χ3n) is 5.39. The molecule has 1 atom stereocenters. The van der Waals surface area contributed by atoms with E-state index >= 15 is 0 Å². The Bertz CT molecular complexity index is 810. The number of ether oxygens (including phenoxy) is 3. The number of carbonyl (C=O) groups excluding carboxylic acids is 1. The van der Waals surface area contributed by atoms with Gasteiger partial charge in [0, 0.05) is 18.7 Å². The van der Waals surface area contributed by atoms with Gasteiger partial charge in [0.25, 0.3) is 0 Å². The van der Waals surface area contributed by atoms with E-state index in [9.17, 15) is 4.79 Å². The molecule has 0 saturated carbocycles. The first kappa shape index (κ1) is 20.8. The molecule has 1 aliphatic rings. The molecule has 1 N–H and O–H groups in total. The molecule has 3 rings (SSSR count). The minimum Gasteiger partial charge on any atom is -0.493 e. The van der Waals surface area contributed by atoms with Gasteiger partial charge in [0.15, 0.2) is 11.5 Å². The topological polar surface area (TPSA) is 60.0 Å². The summed E-state index contributed by atoms with van der Waals surface area (Å²) in [6.07, 6.45) is 4.22. The van der Waals surface area contributed by atoms with Crippen molar-refractivity contribution >= 4 is 11.7 Å². The highest BCUT2D eigenvalue weighted by atomic mass is 16.5. The summed E-state index contributed by atoms with van der Waals surface area (Å²) < 4.78 is 16.2. The van der Waals surface area contributed by atoms with Crippen LogP contribution in [0.1, 0.15) is 42.9 Å². The fourth-order valence-corrected chi connectivity index (χ4v) is 3.84. The third kappa shape index (κ3) is 4.75. The highest BCUT2D eigenvalue weighted by Gasteiger charge is 2.27. The first-order chi connectivity index (χ1) is 14.1. The van der Waals surface area contributed by atoms with Crippen LogP contribution in [0.25, 0.3) is 0 Å². The second-order valence-electron chi connectivity index (χ2n) is 7.31. The maximum Gasteiger partial charge on any atom is 0.322 e. The summed E-state index contributed by atoms with van der Waals surface area (Å²) in [5, 5.41) is 3.02. The number of likely N-dealkylation sites (tertiary alicyclic amines) is 1. The molecular formula is C23H30N2O4. The summed E-state index contributed by atoms with van der Waals surface area (Å²) in [5.41, 5.74) is 3.00. The Labute approximate surface area is 172 Å². The molecule has 1 heterocycles. The minimum atomic E-state index is -0.119. The highest BCUT2D eigenvalue weighted by molar-refractivity contribution is 5.90. The van der Waals surface area contributed by atoms with E-state index in [1.165, 1.54) is 11.1 Å². The van der Waals surface area contributed by atoms with Crippen molar-refractivity contribution in [1.29, 1.82) is 0 Å². The zero-order valence-electron chi connectivity index (χ0n) is 17.7. The number of benzene rings is 2. The van der Waals surface area contributed by atoms with Crippen LogP contribution in [-0.4, -0.2) is 38.8 Å². The number of anilines is 1. The summed E-state index contributed by atoms with van der Waals surface area (Å²) in [7, 11) is 4.68. The molecule has 1 aliphatic heterocycles. The number of methoxy groups -OCH3 is 3. The van der Waals surface area contributed by atoms with Gasteiger partial charge in [-0.15, -0.1) is 0 Å². The second kappa shape index (κ2) is 9.54. The summed E-state index contributed by atoms with van der Waals surface area (Å²) in [4.78, 5) is 15.2. The van der Waals surface area contributed by atoms with Gasteiger partial charge in [-0.3, -0.25) is 0 Å². The molecule has 1 fully saturated rings. The van der Waals surface area contributed by atoms with Crippen LogP contribution < -0.4 is 19.5 Å². The Balaban J connectivity index is 1.86. The maximum absolute atomic E-state index is 13.2. The lowest BCUT2D eigenvalue weighted by molar-refractivity contribution is 0.189. The Morgan fingerprint density at radius 1 is 0.966 bits per heavy atom. The van der Waals surface area contributed by atoms with Crippen LogP contribution in [0.4, 0.5) is 10.5 Å². The molecule has 6 nitrogen and oxygen atoms in total. The van der Waals surface area contributed by atoms with E-state index in [1.807, 2.05) is 4.90 Å². The van der Waals surface area contributed by atoms with Crippen molar-refractivity contribution in [3.8, 4) is 17.2 Å². The van der Waals surface area contributed by atoms with E-state index in [0.717, 1.165) is 32.2 Å². The van der Waals surface area contributed by atoms with E-state index < -0.39 is 0 Å². The van der Waals surface area contributed by atoms with Crippen LogP contribution in [-0.2, 0) is 0 Å². The maximum atomic E-state index is 13.2. The van der Waals surface area contributed by atoms with E-state index in [2.05, 4.69) is 36.5 Å². The normalized spacial score (nSPS) is 16.7. The number of carbonyl (C=O) groups is 1. The predicted octanol–water partition coefficient (Wildman–Crippen LogP) is 5.17. The highest BCUT2D eigenvalue weighted by Crippen LogP contribution is 2.40. The molecular weight excluding hydrogens is 368 g/mol. The zero-order valence-corrected chi connectivity index (χ0v) is 17.7. The Morgan fingerprint density at radius 2 is 1.62 bits per heavy atom. The molecule has 2 aromatic rings. The van der Waals surface area contributed by atoms with Crippen LogP contribution in [0.3, 0.4) is 0 Å². The van der Waals surface area contributed by atoms with Crippen LogP contribution >= 0.6 is 0 Å². The van der Waals surface area contributed by atoms with Gasteiger partial charge in [0.05, 0.1) is 33.1 Å². The van der Waals surface area contributed by atoms with Crippen molar-refractivity contribution < 1.29 is 19.0 Å². The number of rotatable bonds is 5. The Kier molecular flexibility index (Phi) is 6.86. The SMILES string of the molecule is COc1cc(NC(=O)N2CCCCCC2c2ccc(C)cc2)cc(OC)c1OC. The second-order valence-corrected chi connectivity index (χ2v) is 7.31. The molecule has 6 heteroatoms. The van der Waals surface area contributed by atoms with Crippen LogP contribution in [0, 0.1) is 6.92 Å². The van der Waals surface area contributed by atoms with Crippen LogP contribution in [0.2, 0.25) is 0 Å². The molecule has 1 unspecified atom stereocenters. The van der Waals surface area contributed by atoms with Gasteiger partial charge in [-0.1, -0.05) is 42.7 Å². The van der Waals surface area contributed by atoms with E-state index in [4.69, 9.17) is 14.2 Å². The molecule has 0 aromatic heterocycles. The standard InChI is InChI=1S/C23H30N2O4/c1-16-9-11-17(12-10-16)19-8-6-5-7-13-25(19)23(26)24-18-14-20(27-2)22(29-4)21(15-18)28-3/h9-12,14-15,19H,5-8,13H2,1-4H3,(H,24,26). The molecule has 0 aliphatic carbocycles. The van der Waals surface area contributed by atoms with Crippen molar-refractivity contribution in [3.05, 3.63) is 47.5 Å². The van der Waals surface area contributed by atoms with Crippen molar-refractivity contribution in [2.75, 3.05) is 33.2 Å². The first-order valence-electron chi connectivity index (χ1n) is 10.0. The zero-order chi connectivity index (χ0) is 20.8. The molecule has 156 valence electrons. The molecule has 0 bridgehead atoms. The Hall–Kier alpha value is -2.89. The number of urea groups is 1. The van der Waals surface area contributed by atoms with Crippen LogP contribution in [0.5, 0.6) is 17.2 Å². The van der Waals surface area contributed by atoms with Gasteiger partial charge >= 0.3 is 6.03 Å². The minimum absolute atomic E-state index is 0.0696. The molecule has 2 aromatic carbocycles. The van der Waals surface area contributed by atoms with Crippen molar-refractivity contribution in [1.82, 2.24) is 4.90 Å². The van der Waals surface area contributed by atoms with Gasteiger partial charge in [-0.05, 0) is 25.3 Å². The van der Waals surface area contributed by atoms with Gasteiger partial charge in [-0.25, -0.2) is 4.79 Å². The molecule has 1 saturated heterocycles. The quantitative estimate of drug-likeness (QED) is 0.755. The predicted molar refractivity (Wildman–Crippen MR) is 114 cm³/mol. The number of hydrogen-bond acceptors (Lipinski definition) is 4. The fourth-order valence-electron chi connectivity index (χ4n) is 3.84. The van der Waals surface area contributed by atoms with E-state index in [0.29, 0.717) is 22.9 Å².